The first-order valence-corrected chi connectivity index (χ1v) is 13.0. The van der Waals surface area contributed by atoms with Gasteiger partial charge in [0.05, 0.1) is 38.8 Å². The van der Waals surface area contributed by atoms with Gasteiger partial charge in [-0.3, -0.25) is 0 Å². The number of fused-ring (bicyclic) bond motifs is 3. The third kappa shape index (κ3) is 4.28. The Hall–Kier alpha value is -2.60. The van der Waals surface area contributed by atoms with Gasteiger partial charge in [-0.1, -0.05) is 18.2 Å². The molecule has 34 heavy (non-hydrogen) atoms. The SMILES string of the molecule is O=S(=O)(NC1CCC[C@@H](n2c3ccccc3c3sccc32)[C@@H]1O)c1ccc(OC(F)(F)F)cc1. The topological polar surface area (TPSA) is 80.6 Å². The van der Waals surface area contributed by atoms with E-state index in [1.807, 2.05) is 35.7 Å². The van der Waals surface area contributed by atoms with Crippen LogP contribution in [0.5, 0.6) is 5.75 Å². The molecule has 2 N–H and O–H groups in total. The Bertz CT molecular complexity index is 1430. The third-order valence-corrected chi connectivity index (χ3v) is 8.58. The van der Waals surface area contributed by atoms with Crippen LogP contribution in [0.4, 0.5) is 13.2 Å². The highest BCUT2D eigenvalue weighted by molar-refractivity contribution is 7.89. The van der Waals surface area contributed by atoms with E-state index in [-0.39, 0.29) is 10.9 Å². The molecule has 1 saturated carbocycles. The molecule has 0 radical (unpaired) electrons. The minimum Gasteiger partial charge on any atom is -0.406 e. The quantitative estimate of drug-likeness (QED) is 0.387. The fraction of sp³-hybridized carbons (Fsp3) is 0.304. The third-order valence-electron chi connectivity index (χ3n) is 6.14. The number of hydrogen-bond donors (Lipinski definition) is 2. The fourth-order valence-corrected chi connectivity index (χ4v) is 6.92. The lowest BCUT2D eigenvalue weighted by Crippen LogP contribution is -2.49. The summed E-state index contributed by atoms with van der Waals surface area (Å²) >= 11 is 1.62. The van der Waals surface area contributed by atoms with Gasteiger partial charge in [-0.25, -0.2) is 13.1 Å². The molecule has 180 valence electrons. The van der Waals surface area contributed by atoms with E-state index in [1.165, 1.54) is 0 Å². The molecule has 5 rings (SSSR count). The van der Waals surface area contributed by atoms with Crippen LogP contribution in [-0.4, -0.2) is 36.6 Å². The Morgan fingerprint density at radius 3 is 2.50 bits per heavy atom. The highest BCUT2D eigenvalue weighted by Gasteiger charge is 2.37. The molecule has 3 atom stereocenters. The summed E-state index contributed by atoms with van der Waals surface area (Å²) in [5.74, 6) is -0.511. The molecule has 1 fully saturated rings. The number of aliphatic hydroxyl groups is 1. The number of nitrogens with zero attached hydrogens (tertiary/aromatic N) is 1. The van der Waals surface area contributed by atoms with E-state index in [4.69, 9.17) is 0 Å². The summed E-state index contributed by atoms with van der Waals surface area (Å²) in [5.41, 5.74) is 1.98. The van der Waals surface area contributed by atoms with Crippen molar-refractivity contribution in [3.8, 4) is 5.75 Å². The molecule has 1 aliphatic rings. The summed E-state index contributed by atoms with van der Waals surface area (Å²) in [4.78, 5) is -0.206. The molecule has 0 aliphatic heterocycles. The van der Waals surface area contributed by atoms with E-state index in [9.17, 15) is 26.7 Å². The van der Waals surface area contributed by atoms with Crippen molar-refractivity contribution in [2.24, 2.45) is 0 Å². The van der Waals surface area contributed by atoms with Gasteiger partial charge in [-0.15, -0.1) is 24.5 Å². The van der Waals surface area contributed by atoms with Gasteiger partial charge in [0, 0.05) is 5.39 Å². The normalized spacial score (nSPS) is 21.8. The Balaban J connectivity index is 1.41. The second-order valence-corrected chi connectivity index (χ2v) is 10.9. The van der Waals surface area contributed by atoms with Gasteiger partial charge in [-0.05, 0) is 61.0 Å². The van der Waals surface area contributed by atoms with Crippen molar-refractivity contribution in [2.75, 3.05) is 0 Å². The zero-order chi connectivity index (χ0) is 24.1. The highest BCUT2D eigenvalue weighted by Crippen LogP contribution is 2.40. The number of halogens is 3. The van der Waals surface area contributed by atoms with E-state index in [1.54, 1.807) is 11.3 Å². The second-order valence-electron chi connectivity index (χ2n) is 8.26. The fourth-order valence-electron chi connectivity index (χ4n) is 4.71. The van der Waals surface area contributed by atoms with Crippen molar-refractivity contribution in [3.05, 3.63) is 60.0 Å². The molecule has 0 amide bonds. The van der Waals surface area contributed by atoms with Crippen molar-refractivity contribution in [1.82, 2.24) is 9.29 Å². The van der Waals surface area contributed by atoms with Crippen LogP contribution in [0.15, 0.2) is 64.9 Å². The van der Waals surface area contributed by atoms with Gasteiger partial charge in [-0.2, -0.15) is 0 Å². The van der Waals surface area contributed by atoms with E-state index in [0.717, 1.165) is 45.4 Å². The van der Waals surface area contributed by atoms with Crippen molar-refractivity contribution >= 4 is 42.5 Å². The molecular weight excluding hydrogens is 489 g/mol. The summed E-state index contributed by atoms with van der Waals surface area (Å²) in [5, 5.41) is 14.3. The van der Waals surface area contributed by atoms with Crippen molar-refractivity contribution in [2.45, 2.75) is 48.7 Å². The van der Waals surface area contributed by atoms with Gasteiger partial charge in [0.25, 0.3) is 0 Å². The number of para-hydroxylation sites is 1. The minimum atomic E-state index is -4.86. The van der Waals surface area contributed by atoms with Gasteiger partial charge in [0.1, 0.15) is 5.75 Å². The Morgan fingerprint density at radius 1 is 1.03 bits per heavy atom. The van der Waals surface area contributed by atoms with E-state index in [2.05, 4.69) is 14.0 Å². The number of aromatic nitrogens is 1. The van der Waals surface area contributed by atoms with Crippen LogP contribution in [0, 0.1) is 0 Å². The summed E-state index contributed by atoms with van der Waals surface area (Å²) in [6.45, 7) is 0. The standard InChI is InChI=1S/C23H21F3N2O4S2/c24-23(25,26)32-14-8-10-15(11-9-14)34(30,31)27-17-5-3-7-19(21(17)29)28-18-6-2-1-4-16(18)22-20(28)12-13-33-22/h1-2,4,6,8-13,17,19,21,27,29H,3,5,7H2/t17?,19-,21-/m1/s1. The summed E-state index contributed by atoms with van der Waals surface area (Å²) < 4.78 is 72.5. The maximum absolute atomic E-state index is 12.9. The zero-order valence-electron chi connectivity index (χ0n) is 17.7. The summed E-state index contributed by atoms with van der Waals surface area (Å²) in [7, 11) is -4.07. The van der Waals surface area contributed by atoms with Crippen LogP contribution < -0.4 is 9.46 Å². The first-order valence-electron chi connectivity index (χ1n) is 10.7. The van der Waals surface area contributed by atoms with E-state index >= 15 is 0 Å². The van der Waals surface area contributed by atoms with Crippen molar-refractivity contribution in [3.63, 3.8) is 0 Å². The van der Waals surface area contributed by atoms with Gasteiger partial charge in [0.2, 0.25) is 10.0 Å². The molecular formula is C23H21F3N2O4S2. The molecule has 2 aromatic carbocycles. The molecule has 4 aromatic rings. The lowest BCUT2D eigenvalue weighted by atomic mass is 9.88. The van der Waals surface area contributed by atoms with Crippen LogP contribution in [0.25, 0.3) is 21.1 Å². The van der Waals surface area contributed by atoms with Crippen LogP contribution >= 0.6 is 11.3 Å². The van der Waals surface area contributed by atoms with Gasteiger partial charge in [0.15, 0.2) is 0 Å². The Labute approximate surface area is 197 Å². The number of benzene rings is 2. The van der Waals surface area contributed by atoms with Crippen LogP contribution in [0.2, 0.25) is 0 Å². The average molecular weight is 511 g/mol. The number of hydrogen-bond acceptors (Lipinski definition) is 5. The van der Waals surface area contributed by atoms with E-state index in [0.29, 0.717) is 19.3 Å². The lowest BCUT2D eigenvalue weighted by Gasteiger charge is -2.36. The smallest absolute Gasteiger partial charge is 0.406 e. The molecule has 6 nitrogen and oxygen atoms in total. The molecule has 0 spiro atoms. The predicted octanol–water partition coefficient (Wildman–Crippen LogP) is 5.19. The average Bonchev–Trinajstić information content (AvgIpc) is 3.36. The molecule has 1 aliphatic carbocycles. The number of thiophene rings is 1. The largest absolute Gasteiger partial charge is 0.573 e. The lowest BCUT2D eigenvalue weighted by molar-refractivity contribution is -0.274. The molecule has 11 heteroatoms. The number of ether oxygens (including phenoxy) is 1. The number of sulfonamides is 1. The van der Waals surface area contributed by atoms with Gasteiger partial charge >= 0.3 is 6.36 Å². The Morgan fingerprint density at radius 2 is 1.76 bits per heavy atom. The minimum absolute atomic E-state index is 0.206. The second kappa shape index (κ2) is 8.56. The predicted molar refractivity (Wildman–Crippen MR) is 123 cm³/mol. The number of alkyl halides is 3. The number of nitrogens with one attached hydrogen (secondary N) is 1. The van der Waals surface area contributed by atoms with Gasteiger partial charge < -0.3 is 14.4 Å². The monoisotopic (exact) mass is 510 g/mol. The maximum atomic E-state index is 12.9. The first-order chi connectivity index (χ1) is 16.1. The Kier molecular flexibility index (Phi) is 5.83. The zero-order valence-corrected chi connectivity index (χ0v) is 19.3. The molecule has 2 heterocycles. The van der Waals surface area contributed by atoms with Crippen LogP contribution in [0.1, 0.15) is 25.3 Å². The summed E-state index contributed by atoms with van der Waals surface area (Å²) in [6, 6.07) is 12.8. The number of aliphatic hydroxyl groups excluding tert-OH is 1. The first kappa shape index (κ1) is 23.2. The highest BCUT2D eigenvalue weighted by atomic mass is 32.2. The molecule has 1 unspecified atom stereocenters. The maximum Gasteiger partial charge on any atom is 0.573 e. The van der Waals surface area contributed by atoms with Crippen LogP contribution in [-0.2, 0) is 10.0 Å². The molecule has 0 saturated heterocycles. The van der Waals surface area contributed by atoms with Crippen molar-refractivity contribution < 1.29 is 31.4 Å². The molecule has 0 bridgehead atoms. The van der Waals surface area contributed by atoms with Crippen molar-refractivity contribution in [1.29, 1.82) is 0 Å². The molecule has 2 aromatic heterocycles. The van der Waals surface area contributed by atoms with Crippen LogP contribution in [0.3, 0.4) is 0 Å². The number of rotatable bonds is 5. The van der Waals surface area contributed by atoms with E-state index < -0.39 is 34.3 Å². The summed E-state index contributed by atoms with van der Waals surface area (Å²) in [6.07, 6.45) is -4.03.